The van der Waals surface area contributed by atoms with Gasteiger partial charge in [-0.2, -0.15) is 0 Å². The van der Waals surface area contributed by atoms with Gasteiger partial charge in [-0.3, -0.25) is 9.59 Å². The highest BCUT2D eigenvalue weighted by Gasteiger charge is 2.41. The summed E-state index contributed by atoms with van der Waals surface area (Å²) in [5.41, 5.74) is -8.25. The van der Waals surface area contributed by atoms with Gasteiger partial charge < -0.3 is 15.5 Å². The smallest absolute Gasteiger partial charge is 0.201 e. The fourth-order valence-corrected chi connectivity index (χ4v) is 3.29. The molecule has 0 aliphatic heterocycles. The van der Waals surface area contributed by atoms with Crippen LogP contribution in [0.2, 0.25) is 0 Å². The summed E-state index contributed by atoms with van der Waals surface area (Å²) in [7, 11) is 0. The average molecular weight is 457 g/mol. The Labute approximate surface area is 172 Å². The molecule has 4 rings (SSSR count). The van der Waals surface area contributed by atoms with Crippen molar-refractivity contribution in [2.45, 2.75) is 0 Å². The number of aromatic hydroxyl groups is 2. The van der Waals surface area contributed by atoms with Gasteiger partial charge in [0.2, 0.25) is 11.6 Å². The van der Waals surface area contributed by atoms with E-state index in [-0.39, 0.29) is 6.07 Å². The summed E-state index contributed by atoms with van der Waals surface area (Å²) < 4.78 is 99.0. The molecule has 0 saturated heterocycles. The third-order valence-corrected chi connectivity index (χ3v) is 4.75. The van der Waals surface area contributed by atoms with E-state index >= 15 is 4.39 Å². The van der Waals surface area contributed by atoms with Gasteiger partial charge in [0.15, 0.2) is 40.7 Å². The average Bonchev–Trinajstić information content (AvgIpc) is 2.74. The monoisotopic (exact) mass is 457 g/mol. The van der Waals surface area contributed by atoms with Crippen LogP contribution >= 0.6 is 0 Å². The molecule has 0 atom stereocenters. The molecule has 164 valence electrons. The lowest BCUT2D eigenvalue weighted by Crippen LogP contribution is -2.26. The molecule has 3 N–H and O–H groups in total. The minimum atomic E-state index is -2.26. The Bertz CT molecular complexity index is 1360. The van der Waals surface area contributed by atoms with Gasteiger partial charge in [-0.15, -0.1) is 0 Å². The van der Waals surface area contributed by atoms with Gasteiger partial charge in [0, 0.05) is 6.07 Å². The molecule has 0 unspecified atom stereocenters. The first kappa shape index (κ1) is 21.2. The van der Waals surface area contributed by atoms with Gasteiger partial charge in [-0.1, -0.05) is 0 Å². The van der Waals surface area contributed by atoms with Crippen LogP contribution in [0.3, 0.4) is 0 Å². The second-order valence-corrected chi connectivity index (χ2v) is 6.55. The molecule has 0 radical (unpaired) electrons. The molecular formula is C20H6F7NO4. The van der Waals surface area contributed by atoms with E-state index in [0.717, 1.165) is 12.1 Å². The van der Waals surface area contributed by atoms with E-state index in [1.807, 2.05) is 0 Å². The molecule has 0 spiro atoms. The largest absolute Gasteiger partial charge is 0.507 e. The van der Waals surface area contributed by atoms with E-state index < -0.39 is 97.4 Å². The van der Waals surface area contributed by atoms with Crippen LogP contribution in [-0.4, -0.2) is 21.8 Å². The van der Waals surface area contributed by atoms with Crippen molar-refractivity contribution in [3.63, 3.8) is 0 Å². The van der Waals surface area contributed by atoms with Crippen molar-refractivity contribution in [3.8, 4) is 11.5 Å². The summed E-state index contributed by atoms with van der Waals surface area (Å²) in [5, 5.41) is 21.0. The zero-order valence-corrected chi connectivity index (χ0v) is 15.1. The molecule has 1 aliphatic rings. The lowest BCUT2D eigenvalue weighted by atomic mass is 9.82. The number of hydrogen-bond acceptors (Lipinski definition) is 5. The van der Waals surface area contributed by atoms with Crippen molar-refractivity contribution >= 4 is 22.9 Å². The molecule has 0 saturated carbocycles. The molecule has 1 aliphatic carbocycles. The number of benzene rings is 3. The molecule has 0 aromatic heterocycles. The molecule has 0 amide bonds. The van der Waals surface area contributed by atoms with Crippen molar-refractivity contribution in [1.82, 2.24) is 0 Å². The maximum absolute atomic E-state index is 15.1. The van der Waals surface area contributed by atoms with Gasteiger partial charge in [-0.05, 0) is 12.1 Å². The molecule has 0 fully saturated rings. The maximum Gasteiger partial charge on any atom is 0.201 e. The van der Waals surface area contributed by atoms with E-state index in [9.17, 15) is 46.1 Å². The summed E-state index contributed by atoms with van der Waals surface area (Å²) >= 11 is 0. The van der Waals surface area contributed by atoms with Crippen molar-refractivity contribution in [2.75, 3.05) is 5.32 Å². The highest BCUT2D eigenvalue weighted by molar-refractivity contribution is 6.30. The number of rotatable bonds is 2. The quantitative estimate of drug-likeness (QED) is 0.233. The van der Waals surface area contributed by atoms with E-state index in [2.05, 4.69) is 0 Å². The number of halogens is 7. The predicted molar refractivity (Wildman–Crippen MR) is 92.5 cm³/mol. The van der Waals surface area contributed by atoms with Crippen LogP contribution in [0.15, 0.2) is 18.2 Å². The number of phenols is 2. The van der Waals surface area contributed by atoms with E-state index in [1.54, 1.807) is 0 Å². The lowest BCUT2D eigenvalue weighted by molar-refractivity contribution is 0.0966. The molecule has 5 nitrogen and oxygen atoms in total. The Balaban J connectivity index is 2.01. The van der Waals surface area contributed by atoms with Crippen molar-refractivity contribution < 1.29 is 50.5 Å². The Kier molecular flexibility index (Phi) is 4.61. The number of phenolic OH excluding ortho intramolecular Hbond substituents is 2. The summed E-state index contributed by atoms with van der Waals surface area (Å²) in [6.45, 7) is 0. The molecule has 3 aromatic rings. The molecule has 3 aromatic carbocycles. The molecule has 32 heavy (non-hydrogen) atoms. The number of carbonyl (C=O) groups is 2. The highest BCUT2D eigenvalue weighted by atomic mass is 19.2. The van der Waals surface area contributed by atoms with Crippen LogP contribution in [0.25, 0.3) is 0 Å². The Hall–Kier alpha value is -4.09. The number of hydrogen-bond donors (Lipinski definition) is 3. The van der Waals surface area contributed by atoms with Gasteiger partial charge in [0.25, 0.3) is 0 Å². The summed E-state index contributed by atoms with van der Waals surface area (Å²) in [4.78, 5) is 25.3. The highest BCUT2D eigenvalue weighted by Crippen LogP contribution is 2.42. The second-order valence-electron chi connectivity index (χ2n) is 6.55. The van der Waals surface area contributed by atoms with E-state index in [1.165, 1.54) is 5.32 Å². The summed E-state index contributed by atoms with van der Waals surface area (Å²) in [5.74, 6) is -19.6. The summed E-state index contributed by atoms with van der Waals surface area (Å²) in [6.07, 6.45) is 0. The zero-order valence-electron chi connectivity index (χ0n) is 15.1. The first-order chi connectivity index (χ1) is 15.0. The fourth-order valence-electron chi connectivity index (χ4n) is 3.29. The maximum atomic E-state index is 15.1. The van der Waals surface area contributed by atoms with Crippen molar-refractivity contribution in [2.24, 2.45) is 0 Å². The molecule has 12 heteroatoms. The topological polar surface area (TPSA) is 86.6 Å². The lowest BCUT2D eigenvalue weighted by Gasteiger charge is -2.22. The molecular weight excluding hydrogens is 451 g/mol. The van der Waals surface area contributed by atoms with Gasteiger partial charge >= 0.3 is 0 Å². The van der Waals surface area contributed by atoms with Crippen LogP contribution in [0.5, 0.6) is 11.5 Å². The first-order valence-corrected chi connectivity index (χ1v) is 8.42. The van der Waals surface area contributed by atoms with Crippen molar-refractivity contribution in [1.29, 1.82) is 0 Å². The predicted octanol–water partition coefficient (Wildman–Crippen LogP) is 4.59. The number of nitrogens with one attached hydrogen (secondary N) is 1. The van der Waals surface area contributed by atoms with Crippen LogP contribution < -0.4 is 5.32 Å². The van der Waals surface area contributed by atoms with Gasteiger partial charge in [-0.25, -0.2) is 30.7 Å². The van der Waals surface area contributed by atoms with Gasteiger partial charge in [0.1, 0.15) is 22.9 Å². The number of anilines is 2. The minimum absolute atomic E-state index is 0.190. The van der Waals surface area contributed by atoms with Crippen LogP contribution in [0.1, 0.15) is 31.8 Å². The summed E-state index contributed by atoms with van der Waals surface area (Å²) in [6, 6.07) is 1.35. The van der Waals surface area contributed by atoms with Gasteiger partial charge in [0.05, 0.1) is 22.3 Å². The van der Waals surface area contributed by atoms with E-state index in [0.29, 0.717) is 0 Å². The third kappa shape index (κ3) is 2.72. The van der Waals surface area contributed by atoms with Crippen LogP contribution in [-0.2, 0) is 0 Å². The van der Waals surface area contributed by atoms with Crippen LogP contribution in [0, 0.1) is 40.7 Å². The number of fused-ring (bicyclic) bond motifs is 2. The number of ketones is 2. The van der Waals surface area contributed by atoms with Crippen LogP contribution in [0.4, 0.5) is 42.1 Å². The Morgan fingerprint density at radius 3 is 1.44 bits per heavy atom. The van der Waals surface area contributed by atoms with E-state index in [4.69, 9.17) is 0 Å². The zero-order chi connectivity index (χ0) is 23.6. The third-order valence-electron chi connectivity index (χ3n) is 4.75. The SMILES string of the molecule is O=C1c2c(O)ccc(O)c2C(=O)c2c(F)c(Nc3c(F)c(F)cc(F)c3F)c(F)c(F)c21. The fraction of sp³-hybridized carbons (Fsp3) is 0. The Morgan fingerprint density at radius 1 is 0.562 bits per heavy atom. The van der Waals surface area contributed by atoms with Crippen molar-refractivity contribution in [3.05, 3.63) is 81.2 Å². The second kappa shape index (κ2) is 6.97. The Morgan fingerprint density at radius 2 is 0.969 bits per heavy atom. The number of carbonyl (C=O) groups excluding carboxylic acids is 2. The first-order valence-electron chi connectivity index (χ1n) is 8.42. The molecule has 0 heterocycles. The minimum Gasteiger partial charge on any atom is -0.507 e. The normalized spacial score (nSPS) is 12.6. The molecule has 0 bridgehead atoms. The standard InChI is InChI=1S/C20H6F7NO4/c21-4-3-5(22)13(24)17(12(4)23)28-18-15(26)11-10(14(25)16(18)27)19(31)8-6(29)1-2-7(30)9(8)20(11)32/h1-3,28-30H.